The number of anilines is 2. The van der Waals surface area contributed by atoms with Crippen molar-refractivity contribution in [2.75, 3.05) is 30.8 Å². The minimum atomic E-state index is -0.943. The zero-order valence-corrected chi connectivity index (χ0v) is 33.2. The van der Waals surface area contributed by atoms with Gasteiger partial charge in [0.2, 0.25) is 5.91 Å². The maximum absolute atomic E-state index is 13.9. The Morgan fingerprint density at radius 3 is 2.11 bits per heavy atom. The standard InChI is InChI=1S/C43H48N4O7S.ClH/c1-46(37(48)10-5-11-38(49)50)24-25-47(34-22-23-34)27-30-6-4-7-32(26-30)40(51)45-42-39(35-8-2-3-9-36(35)55-42)41(52)44-33-20-16-29(17-21-33)13-12-28-14-18-31(19-15-28)43(53)54;/h4,6-7,14-21,26,34H,2-3,5,8-13,22-25,27H2,1H3,(H,44,52)(H,45,51)(H,49,50)(H,53,54);1H. The van der Waals surface area contributed by atoms with Crippen LogP contribution in [0.4, 0.5) is 10.7 Å². The molecule has 0 aliphatic heterocycles. The number of carboxylic acid groups (broad SMARTS) is 2. The van der Waals surface area contributed by atoms with E-state index in [0.717, 1.165) is 78.5 Å². The predicted molar refractivity (Wildman–Crippen MR) is 220 cm³/mol. The number of aryl methyl sites for hydroxylation is 3. The molecule has 1 saturated carbocycles. The third-order valence-corrected chi connectivity index (χ3v) is 11.5. The number of hydrogen-bond acceptors (Lipinski definition) is 7. The number of thiophene rings is 1. The van der Waals surface area contributed by atoms with Crippen LogP contribution in [0.25, 0.3) is 0 Å². The van der Waals surface area contributed by atoms with Crippen molar-refractivity contribution in [3.05, 3.63) is 117 Å². The number of amides is 3. The molecule has 56 heavy (non-hydrogen) atoms. The summed E-state index contributed by atoms with van der Waals surface area (Å²) in [5, 5.41) is 24.7. The van der Waals surface area contributed by atoms with Crippen LogP contribution < -0.4 is 10.6 Å². The van der Waals surface area contributed by atoms with E-state index >= 15 is 0 Å². The molecule has 3 aromatic carbocycles. The molecular weight excluding hydrogens is 752 g/mol. The molecule has 4 N–H and O–H groups in total. The van der Waals surface area contributed by atoms with Crippen molar-refractivity contribution in [2.45, 2.75) is 83.2 Å². The largest absolute Gasteiger partial charge is 0.481 e. The number of rotatable bonds is 18. The molecule has 0 saturated heterocycles. The molecule has 6 rings (SSSR count). The summed E-state index contributed by atoms with van der Waals surface area (Å²) >= 11 is 1.48. The van der Waals surface area contributed by atoms with Gasteiger partial charge >= 0.3 is 11.9 Å². The normalized spacial score (nSPS) is 13.3. The van der Waals surface area contributed by atoms with Gasteiger partial charge < -0.3 is 25.7 Å². The minimum Gasteiger partial charge on any atom is -0.481 e. The zero-order valence-electron chi connectivity index (χ0n) is 31.6. The molecule has 0 radical (unpaired) electrons. The van der Waals surface area contributed by atoms with Crippen molar-refractivity contribution in [3.8, 4) is 0 Å². The Kier molecular flexibility index (Phi) is 14.8. The maximum atomic E-state index is 13.9. The summed E-state index contributed by atoms with van der Waals surface area (Å²) in [5.74, 6) is -2.43. The Balaban J connectivity index is 0.00000600. The number of nitrogens with one attached hydrogen (secondary N) is 2. The van der Waals surface area contributed by atoms with E-state index < -0.39 is 11.9 Å². The van der Waals surface area contributed by atoms with Crippen LogP contribution in [0.3, 0.4) is 0 Å². The van der Waals surface area contributed by atoms with E-state index in [1.807, 2.05) is 54.6 Å². The van der Waals surface area contributed by atoms with Gasteiger partial charge in [-0.2, -0.15) is 0 Å². The lowest BCUT2D eigenvalue weighted by molar-refractivity contribution is -0.137. The van der Waals surface area contributed by atoms with Crippen LogP contribution >= 0.6 is 23.7 Å². The van der Waals surface area contributed by atoms with Gasteiger partial charge in [0.25, 0.3) is 11.8 Å². The number of aromatic carboxylic acids is 1. The van der Waals surface area contributed by atoms with Crippen LogP contribution in [-0.4, -0.2) is 75.9 Å². The van der Waals surface area contributed by atoms with Crippen LogP contribution in [0.2, 0.25) is 0 Å². The van der Waals surface area contributed by atoms with Gasteiger partial charge in [-0.05, 0) is 116 Å². The van der Waals surface area contributed by atoms with E-state index in [-0.39, 0.29) is 48.5 Å². The average molecular weight is 801 g/mol. The number of carbonyl (C=O) groups is 5. The highest BCUT2D eigenvalue weighted by atomic mass is 35.5. The first-order chi connectivity index (χ1) is 26.5. The molecule has 0 bridgehead atoms. The van der Waals surface area contributed by atoms with Crippen molar-refractivity contribution >= 4 is 64.1 Å². The number of likely N-dealkylation sites (N-methyl/N-ethyl adjacent to an activating group) is 1. The molecule has 11 nitrogen and oxygen atoms in total. The maximum Gasteiger partial charge on any atom is 0.335 e. The second-order valence-corrected chi connectivity index (χ2v) is 15.6. The first-order valence-corrected chi connectivity index (χ1v) is 19.8. The van der Waals surface area contributed by atoms with Crippen LogP contribution in [0, 0.1) is 0 Å². The van der Waals surface area contributed by atoms with Crippen molar-refractivity contribution in [2.24, 2.45) is 0 Å². The molecule has 0 spiro atoms. The SMILES string of the molecule is CN(CCN(Cc1cccc(C(=O)Nc2sc3c(c2C(=O)Nc2ccc(CCc4ccc(C(=O)O)cc4)cc2)CCCC3)c1)C1CC1)C(=O)CCCC(=O)O.Cl. The Labute approximate surface area is 337 Å². The third kappa shape index (κ3) is 11.5. The van der Waals surface area contributed by atoms with Crippen LogP contribution in [0.1, 0.15) is 103 Å². The van der Waals surface area contributed by atoms with Crippen LogP contribution in [0.5, 0.6) is 0 Å². The fourth-order valence-electron chi connectivity index (χ4n) is 6.98. The molecule has 2 aliphatic rings. The topological polar surface area (TPSA) is 156 Å². The number of benzene rings is 3. The summed E-state index contributed by atoms with van der Waals surface area (Å²) in [7, 11) is 1.75. The van der Waals surface area contributed by atoms with Crippen LogP contribution in [0.15, 0.2) is 72.8 Å². The molecule has 3 amide bonds. The Morgan fingerprint density at radius 1 is 0.768 bits per heavy atom. The number of aliphatic carboxylic acids is 1. The summed E-state index contributed by atoms with van der Waals surface area (Å²) in [4.78, 5) is 67.2. The first kappa shape index (κ1) is 42.1. The highest BCUT2D eigenvalue weighted by Gasteiger charge is 2.30. The molecule has 0 unspecified atom stereocenters. The number of carboxylic acids is 2. The van der Waals surface area contributed by atoms with E-state index in [4.69, 9.17) is 10.2 Å². The van der Waals surface area contributed by atoms with E-state index in [1.165, 1.54) is 11.3 Å². The van der Waals surface area contributed by atoms with Gasteiger partial charge in [-0.1, -0.05) is 36.4 Å². The van der Waals surface area contributed by atoms with Gasteiger partial charge in [0.15, 0.2) is 0 Å². The van der Waals surface area contributed by atoms with E-state index in [1.54, 1.807) is 30.1 Å². The smallest absolute Gasteiger partial charge is 0.335 e. The van der Waals surface area contributed by atoms with Gasteiger partial charge in [0.1, 0.15) is 5.00 Å². The van der Waals surface area contributed by atoms with Gasteiger partial charge in [0.05, 0.1) is 11.1 Å². The number of nitrogens with zero attached hydrogens (tertiary/aromatic N) is 2. The molecule has 1 fully saturated rings. The van der Waals surface area contributed by atoms with Crippen molar-refractivity contribution in [1.82, 2.24) is 9.80 Å². The quantitative estimate of drug-likeness (QED) is 0.0798. The number of fused-ring (bicyclic) bond motifs is 1. The lowest BCUT2D eigenvalue weighted by Gasteiger charge is -2.26. The van der Waals surface area contributed by atoms with E-state index in [9.17, 15) is 24.0 Å². The summed E-state index contributed by atoms with van der Waals surface area (Å²) in [6, 6.07) is 22.6. The lowest BCUT2D eigenvalue weighted by atomic mass is 9.95. The molecule has 296 valence electrons. The lowest BCUT2D eigenvalue weighted by Crippen LogP contribution is -2.37. The highest BCUT2D eigenvalue weighted by Crippen LogP contribution is 2.39. The zero-order chi connectivity index (χ0) is 38.9. The molecule has 2 aliphatic carbocycles. The summed E-state index contributed by atoms with van der Waals surface area (Å²) in [5.41, 5.74) is 6.09. The molecule has 0 atom stereocenters. The fourth-order valence-corrected chi connectivity index (χ4v) is 8.26. The second-order valence-electron chi connectivity index (χ2n) is 14.5. The van der Waals surface area contributed by atoms with Crippen molar-refractivity contribution < 1.29 is 34.2 Å². The average Bonchev–Trinajstić information content (AvgIpc) is 3.96. The summed E-state index contributed by atoms with van der Waals surface area (Å²) in [6.45, 7) is 1.84. The molecule has 13 heteroatoms. The first-order valence-electron chi connectivity index (χ1n) is 19.0. The highest BCUT2D eigenvalue weighted by molar-refractivity contribution is 7.17. The number of halogens is 1. The van der Waals surface area contributed by atoms with Gasteiger partial charge in [-0.15, -0.1) is 23.7 Å². The van der Waals surface area contributed by atoms with E-state index in [2.05, 4.69) is 15.5 Å². The molecule has 1 heterocycles. The number of hydrogen-bond donors (Lipinski definition) is 4. The molecular formula is C43H49ClN4O7S. The second kappa shape index (κ2) is 19.7. The Hall–Kier alpha value is -5.04. The van der Waals surface area contributed by atoms with Crippen LogP contribution in [-0.2, 0) is 41.8 Å². The summed E-state index contributed by atoms with van der Waals surface area (Å²) < 4.78 is 0. The Morgan fingerprint density at radius 2 is 1.45 bits per heavy atom. The monoisotopic (exact) mass is 800 g/mol. The minimum absolute atomic E-state index is 0. The van der Waals surface area contributed by atoms with Crippen molar-refractivity contribution in [1.29, 1.82) is 0 Å². The third-order valence-electron chi connectivity index (χ3n) is 10.3. The fraction of sp³-hybridized carbons (Fsp3) is 0.372. The van der Waals surface area contributed by atoms with E-state index in [0.29, 0.717) is 53.9 Å². The molecule has 4 aromatic rings. The van der Waals surface area contributed by atoms with Crippen molar-refractivity contribution in [3.63, 3.8) is 0 Å². The van der Waals surface area contributed by atoms with Gasteiger partial charge in [-0.3, -0.25) is 24.1 Å². The number of carbonyl (C=O) groups excluding carboxylic acids is 3. The molecule has 1 aromatic heterocycles. The van der Waals surface area contributed by atoms with Gasteiger partial charge in [0, 0.05) is 61.7 Å². The Bertz CT molecular complexity index is 2030. The predicted octanol–water partition coefficient (Wildman–Crippen LogP) is 7.71. The van der Waals surface area contributed by atoms with Gasteiger partial charge in [-0.25, -0.2) is 4.79 Å². The summed E-state index contributed by atoms with van der Waals surface area (Å²) in [6.07, 6.45) is 7.90.